The Kier molecular flexibility index (Phi) is 5.52. The van der Waals surface area contributed by atoms with Crippen LogP contribution in [0.15, 0.2) is 47.2 Å². The van der Waals surface area contributed by atoms with Gasteiger partial charge in [-0.05, 0) is 35.2 Å². The molecule has 0 unspecified atom stereocenters. The van der Waals surface area contributed by atoms with Crippen LogP contribution >= 0.6 is 22.7 Å². The lowest BCUT2D eigenvalue weighted by atomic mass is 10.2. The SMILES string of the molecule is O=C(/C=C/c1ccc2c(c1)OCO2)N1CCN(Cc2nc(-c3cccs3)cs2)CC1. The summed E-state index contributed by atoms with van der Waals surface area (Å²) in [7, 11) is 0. The van der Waals surface area contributed by atoms with E-state index in [1.807, 2.05) is 29.2 Å². The van der Waals surface area contributed by atoms with Crippen molar-refractivity contribution in [2.75, 3.05) is 33.0 Å². The Morgan fingerprint density at radius 3 is 2.80 bits per heavy atom. The highest BCUT2D eigenvalue weighted by Gasteiger charge is 2.21. The van der Waals surface area contributed by atoms with E-state index in [0.717, 1.165) is 60.5 Å². The van der Waals surface area contributed by atoms with Crippen LogP contribution in [0.25, 0.3) is 16.6 Å². The largest absolute Gasteiger partial charge is 0.454 e. The molecule has 30 heavy (non-hydrogen) atoms. The summed E-state index contributed by atoms with van der Waals surface area (Å²) in [6.45, 7) is 4.27. The molecule has 4 heterocycles. The van der Waals surface area contributed by atoms with Crippen LogP contribution in [0.2, 0.25) is 0 Å². The number of carbonyl (C=O) groups is 1. The zero-order valence-electron chi connectivity index (χ0n) is 16.3. The van der Waals surface area contributed by atoms with Gasteiger partial charge in [0.1, 0.15) is 5.01 Å². The molecule has 0 bridgehead atoms. The third-order valence-electron chi connectivity index (χ3n) is 5.18. The second-order valence-electron chi connectivity index (χ2n) is 7.15. The summed E-state index contributed by atoms with van der Waals surface area (Å²) in [5.41, 5.74) is 1.99. The van der Waals surface area contributed by atoms with Crippen molar-refractivity contribution in [2.45, 2.75) is 6.54 Å². The molecule has 1 aromatic carbocycles. The number of rotatable bonds is 5. The van der Waals surface area contributed by atoms with Crippen molar-refractivity contribution in [1.82, 2.24) is 14.8 Å². The van der Waals surface area contributed by atoms with E-state index >= 15 is 0 Å². The molecule has 1 amide bonds. The van der Waals surface area contributed by atoms with Gasteiger partial charge in [0, 0.05) is 37.6 Å². The van der Waals surface area contributed by atoms with Crippen LogP contribution in [0.4, 0.5) is 0 Å². The van der Waals surface area contributed by atoms with Crippen molar-refractivity contribution in [3.05, 3.63) is 57.7 Å². The quantitative estimate of drug-likeness (QED) is 0.564. The van der Waals surface area contributed by atoms with Crippen molar-refractivity contribution < 1.29 is 14.3 Å². The summed E-state index contributed by atoms with van der Waals surface area (Å²) in [6.07, 6.45) is 3.47. The second kappa shape index (κ2) is 8.59. The van der Waals surface area contributed by atoms with E-state index in [1.165, 1.54) is 4.88 Å². The van der Waals surface area contributed by atoms with Gasteiger partial charge in [0.05, 0.1) is 17.1 Å². The van der Waals surface area contributed by atoms with Gasteiger partial charge in [-0.1, -0.05) is 12.1 Å². The van der Waals surface area contributed by atoms with Gasteiger partial charge in [-0.2, -0.15) is 0 Å². The fourth-order valence-corrected chi connectivity index (χ4v) is 5.12. The molecule has 3 aromatic rings. The molecule has 5 rings (SSSR count). The van der Waals surface area contributed by atoms with Crippen LogP contribution in [0.5, 0.6) is 11.5 Å². The molecule has 0 N–H and O–H groups in total. The minimum atomic E-state index is 0.0431. The van der Waals surface area contributed by atoms with E-state index in [4.69, 9.17) is 14.5 Å². The van der Waals surface area contributed by atoms with Crippen molar-refractivity contribution in [2.24, 2.45) is 0 Å². The highest BCUT2D eigenvalue weighted by molar-refractivity contribution is 7.14. The molecule has 2 aromatic heterocycles. The molecular weight excluding hydrogens is 418 g/mol. The van der Waals surface area contributed by atoms with Crippen LogP contribution < -0.4 is 9.47 Å². The monoisotopic (exact) mass is 439 g/mol. The van der Waals surface area contributed by atoms with Crippen LogP contribution in [0.1, 0.15) is 10.6 Å². The maximum atomic E-state index is 12.6. The normalized spacial score (nSPS) is 16.5. The van der Waals surface area contributed by atoms with Crippen LogP contribution in [0.3, 0.4) is 0 Å². The zero-order chi connectivity index (χ0) is 20.3. The summed E-state index contributed by atoms with van der Waals surface area (Å²) >= 11 is 3.42. The Bertz CT molecular complexity index is 1050. The predicted octanol–water partition coefficient (Wildman–Crippen LogP) is 3.96. The van der Waals surface area contributed by atoms with Crippen molar-refractivity contribution in [3.8, 4) is 22.1 Å². The van der Waals surface area contributed by atoms with E-state index in [2.05, 4.69) is 27.8 Å². The van der Waals surface area contributed by atoms with Gasteiger partial charge in [-0.15, -0.1) is 22.7 Å². The number of hydrogen-bond acceptors (Lipinski definition) is 7. The molecule has 0 radical (unpaired) electrons. The van der Waals surface area contributed by atoms with Crippen LogP contribution in [-0.2, 0) is 11.3 Å². The number of piperazine rings is 1. The molecule has 1 fully saturated rings. The van der Waals surface area contributed by atoms with Gasteiger partial charge in [0.2, 0.25) is 12.7 Å². The maximum Gasteiger partial charge on any atom is 0.246 e. The lowest BCUT2D eigenvalue weighted by Gasteiger charge is -2.33. The number of thiophene rings is 1. The minimum Gasteiger partial charge on any atom is -0.454 e. The third-order valence-corrected chi connectivity index (χ3v) is 6.91. The average Bonchev–Trinajstić information content (AvgIpc) is 3.53. The van der Waals surface area contributed by atoms with Gasteiger partial charge >= 0.3 is 0 Å². The number of fused-ring (bicyclic) bond motifs is 1. The molecule has 0 saturated carbocycles. The van der Waals surface area contributed by atoms with E-state index in [-0.39, 0.29) is 12.7 Å². The first-order chi connectivity index (χ1) is 14.7. The third kappa shape index (κ3) is 4.26. The molecule has 6 nitrogen and oxygen atoms in total. The lowest BCUT2D eigenvalue weighted by Crippen LogP contribution is -2.47. The lowest BCUT2D eigenvalue weighted by molar-refractivity contribution is -0.127. The molecule has 2 aliphatic rings. The number of amides is 1. The molecule has 0 aliphatic carbocycles. The Morgan fingerprint density at radius 1 is 1.10 bits per heavy atom. The Morgan fingerprint density at radius 2 is 1.97 bits per heavy atom. The number of aromatic nitrogens is 1. The average molecular weight is 440 g/mol. The first-order valence-electron chi connectivity index (χ1n) is 9.82. The summed E-state index contributed by atoms with van der Waals surface area (Å²) in [4.78, 5) is 22.8. The van der Waals surface area contributed by atoms with E-state index in [9.17, 15) is 4.79 Å². The van der Waals surface area contributed by atoms with Crippen LogP contribution in [-0.4, -0.2) is 53.7 Å². The number of carbonyl (C=O) groups excluding carboxylic acids is 1. The van der Waals surface area contributed by atoms with Crippen molar-refractivity contribution in [3.63, 3.8) is 0 Å². The standard InChI is InChI=1S/C22H21N3O3S2/c26-22(6-4-16-3-5-18-19(12-16)28-15-27-18)25-9-7-24(8-10-25)13-21-23-17(14-30-21)20-2-1-11-29-20/h1-6,11-12,14H,7-10,13,15H2/b6-4+. The number of hydrogen-bond donors (Lipinski definition) is 0. The van der Waals surface area contributed by atoms with Crippen molar-refractivity contribution in [1.29, 1.82) is 0 Å². The molecule has 0 atom stereocenters. The van der Waals surface area contributed by atoms with Gasteiger partial charge in [0.15, 0.2) is 11.5 Å². The molecule has 0 spiro atoms. The molecule has 8 heteroatoms. The summed E-state index contributed by atoms with van der Waals surface area (Å²) in [5, 5.41) is 5.33. The second-order valence-corrected chi connectivity index (χ2v) is 9.04. The molecular formula is C22H21N3O3S2. The fourth-order valence-electron chi connectivity index (χ4n) is 3.53. The Balaban J connectivity index is 1.13. The number of thiazole rings is 1. The predicted molar refractivity (Wildman–Crippen MR) is 119 cm³/mol. The molecule has 1 saturated heterocycles. The first-order valence-corrected chi connectivity index (χ1v) is 11.6. The van der Waals surface area contributed by atoms with Crippen molar-refractivity contribution >= 4 is 34.7 Å². The number of nitrogens with zero attached hydrogens (tertiary/aromatic N) is 3. The summed E-state index contributed by atoms with van der Waals surface area (Å²) in [6, 6.07) is 9.84. The van der Waals surface area contributed by atoms with Crippen LogP contribution in [0, 0.1) is 0 Å². The Labute approximate surface area is 183 Å². The number of ether oxygens (including phenoxy) is 2. The topological polar surface area (TPSA) is 54.9 Å². The molecule has 154 valence electrons. The first kappa shape index (κ1) is 19.3. The minimum absolute atomic E-state index is 0.0431. The van der Waals surface area contributed by atoms with E-state index < -0.39 is 0 Å². The summed E-state index contributed by atoms with van der Waals surface area (Å²) < 4.78 is 10.7. The van der Waals surface area contributed by atoms with Gasteiger partial charge < -0.3 is 14.4 Å². The summed E-state index contributed by atoms with van der Waals surface area (Å²) in [5.74, 6) is 1.52. The zero-order valence-corrected chi connectivity index (χ0v) is 18.0. The highest BCUT2D eigenvalue weighted by atomic mass is 32.1. The fraction of sp³-hybridized carbons (Fsp3) is 0.273. The number of benzene rings is 1. The van der Waals surface area contributed by atoms with Gasteiger partial charge in [-0.3, -0.25) is 9.69 Å². The van der Waals surface area contributed by atoms with Gasteiger partial charge in [0.25, 0.3) is 0 Å². The Hall–Kier alpha value is -2.68. The molecule has 2 aliphatic heterocycles. The van der Waals surface area contributed by atoms with E-state index in [0.29, 0.717) is 0 Å². The van der Waals surface area contributed by atoms with E-state index in [1.54, 1.807) is 28.7 Å². The highest BCUT2D eigenvalue weighted by Crippen LogP contribution is 2.32. The smallest absolute Gasteiger partial charge is 0.246 e. The van der Waals surface area contributed by atoms with Gasteiger partial charge in [-0.25, -0.2) is 4.98 Å². The maximum absolute atomic E-state index is 12.6.